The number of carbonyl (C=O) groups is 4. The molecule has 0 bridgehead atoms. The molecule has 1 aromatic heterocycles. The Morgan fingerprint density at radius 1 is 1.15 bits per heavy atom. The third-order valence-electron chi connectivity index (χ3n) is 5.30. The van der Waals surface area contributed by atoms with Gasteiger partial charge >= 0.3 is 17.7 Å². The summed E-state index contributed by atoms with van der Waals surface area (Å²) in [6.45, 7) is -0.762. The van der Waals surface area contributed by atoms with Crippen LogP contribution in [0.1, 0.15) is 21.9 Å². The van der Waals surface area contributed by atoms with E-state index in [4.69, 9.17) is 20.8 Å². The summed E-state index contributed by atoms with van der Waals surface area (Å²) in [6.07, 6.45) is 1.26. The van der Waals surface area contributed by atoms with E-state index >= 15 is 0 Å². The summed E-state index contributed by atoms with van der Waals surface area (Å²) in [6, 6.07) is 12.2. The Kier molecular flexibility index (Phi) is 7.91. The van der Waals surface area contributed by atoms with Crippen LogP contribution in [0.15, 0.2) is 64.7 Å². The number of nitro groups is 1. The Morgan fingerprint density at radius 3 is 2.59 bits per heavy atom. The fourth-order valence-corrected chi connectivity index (χ4v) is 3.60. The molecule has 200 valence electrons. The summed E-state index contributed by atoms with van der Waals surface area (Å²) >= 11 is 5.81. The van der Waals surface area contributed by atoms with Gasteiger partial charge in [0.25, 0.3) is 11.8 Å². The average molecular weight is 555 g/mol. The maximum Gasteiger partial charge on any atom is 0.373 e. The Bertz CT molecular complexity index is 1500. The molecular formula is C25H19ClN4O9. The van der Waals surface area contributed by atoms with Crippen molar-refractivity contribution in [2.45, 2.75) is 6.54 Å². The second-order valence-corrected chi connectivity index (χ2v) is 8.40. The number of nitrogens with zero attached hydrogens (tertiary/aromatic N) is 2. The van der Waals surface area contributed by atoms with Crippen LogP contribution in [0.4, 0.5) is 16.2 Å². The van der Waals surface area contributed by atoms with Gasteiger partial charge in [-0.15, -0.1) is 0 Å². The highest BCUT2D eigenvalue weighted by atomic mass is 35.5. The molecular weight excluding hydrogens is 536 g/mol. The molecule has 1 aliphatic heterocycles. The summed E-state index contributed by atoms with van der Waals surface area (Å²) in [4.78, 5) is 60.6. The van der Waals surface area contributed by atoms with Crippen molar-refractivity contribution in [1.82, 2.24) is 10.2 Å². The van der Waals surface area contributed by atoms with Gasteiger partial charge in [-0.1, -0.05) is 17.7 Å². The van der Waals surface area contributed by atoms with Crippen LogP contribution in [0.2, 0.25) is 5.02 Å². The highest BCUT2D eigenvalue weighted by Crippen LogP contribution is 2.29. The van der Waals surface area contributed by atoms with Crippen molar-refractivity contribution in [3.05, 3.63) is 92.5 Å². The SMILES string of the molecule is COC(=O)c1ccc(CN2C(=O)N/C(=C\c3ccc(OCC(=O)Nc4ccc(Cl)cc4)c([N+](=O)[O-])c3)C2=O)o1. The first-order valence-electron chi connectivity index (χ1n) is 11.1. The van der Waals surface area contributed by atoms with Crippen molar-refractivity contribution in [1.29, 1.82) is 0 Å². The third-order valence-corrected chi connectivity index (χ3v) is 5.55. The minimum atomic E-state index is -0.747. The van der Waals surface area contributed by atoms with E-state index < -0.39 is 41.0 Å². The molecule has 1 aliphatic rings. The number of benzene rings is 2. The molecule has 2 N–H and O–H groups in total. The minimum absolute atomic E-state index is 0.0904. The number of hydrogen-bond acceptors (Lipinski definition) is 9. The van der Waals surface area contributed by atoms with E-state index in [1.165, 1.54) is 37.5 Å². The van der Waals surface area contributed by atoms with Crippen molar-refractivity contribution in [3.63, 3.8) is 0 Å². The minimum Gasteiger partial charge on any atom is -0.477 e. The van der Waals surface area contributed by atoms with Gasteiger partial charge in [0.05, 0.1) is 18.6 Å². The summed E-state index contributed by atoms with van der Waals surface area (Å²) in [7, 11) is 1.18. The van der Waals surface area contributed by atoms with Crippen LogP contribution >= 0.6 is 11.6 Å². The number of nitrogens with one attached hydrogen (secondary N) is 2. The molecule has 1 fully saturated rings. The van der Waals surface area contributed by atoms with E-state index in [0.717, 1.165) is 11.0 Å². The normalized spacial score (nSPS) is 13.8. The number of methoxy groups -OCH3 is 1. The fourth-order valence-electron chi connectivity index (χ4n) is 3.47. The van der Waals surface area contributed by atoms with Crippen LogP contribution in [0.3, 0.4) is 0 Å². The highest BCUT2D eigenvalue weighted by Gasteiger charge is 2.34. The van der Waals surface area contributed by atoms with E-state index in [1.54, 1.807) is 24.3 Å². The first kappa shape index (κ1) is 26.9. The van der Waals surface area contributed by atoms with Gasteiger partial charge in [-0.2, -0.15) is 0 Å². The number of nitro benzene ring substituents is 1. The van der Waals surface area contributed by atoms with E-state index in [1.807, 2.05) is 0 Å². The molecule has 13 nitrogen and oxygen atoms in total. The zero-order chi connectivity index (χ0) is 28.1. The van der Waals surface area contributed by atoms with Crippen LogP contribution < -0.4 is 15.4 Å². The van der Waals surface area contributed by atoms with Crippen LogP contribution in [-0.2, 0) is 20.9 Å². The second-order valence-electron chi connectivity index (χ2n) is 7.97. The monoisotopic (exact) mass is 554 g/mol. The van der Waals surface area contributed by atoms with Crippen LogP contribution in [0.25, 0.3) is 6.08 Å². The number of anilines is 1. The maximum absolute atomic E-state index is 12.8. The molecule has 2 heterocycles. The zero-order valence-corrected chi connectivity index (χ0v) is 20.9. The number of esters is 1. The zero-order valence-electron chi connectivity index (χ0n) is 20.1. The van der Waals surface area contributed by atoms with Crippen molar-refractivity contribution in [3.8, 4) is 5.75 Å². The van der Waals surface area contributed by atoms with Gasteiger partial charge in [-0.25, -0.2) is 9.59 Å². The van der Waals surface area contributed by atoms with Gasteiger partial charge in [-0.05, 0) is 54.1 Å². The van der Waals surface area contributed by atoms with E-state index in [2.05, 4.69) is 15.4 Å². The van der Waals surface area contributed by atoms with Gasteiger partial charge in [-0.3, -0.25) is 24.6 Å². The van der Waals surface area contributed by atoms with Crippen molar-refractivity contribution in [2.75, 3.05) is 19.0 Å². The highest BCUT2D eigenvalue weighted by molar-refractivity contribution is 6.30. The lowest BCUT2D eigenvalue weighted by molar-refractivity contribution is -0.385. The maximum atomic E-state index is 12.8. The third kappa shape index (κ3) is 6.40. The lowest BCUT2D eigenvalue weighted by Crippen LogP contribution is -2.30. The summed E-state index contributed by atoms with van der Waals surface area (Å²) in [5.41, 5.74) is 0.0992. The molecule has 0 radical (unpaired) electrons. The second kappa shape index (κ2) is 11.5. The standard InChI is InChI=1S/C25H19ClN4O9/c1-37-24(33)21-9-7-17(39-21)12-29-23(32)18(28-25(29)34)10-14-2-8-20(19(11-14)30(35)36)38-13-22(31)27-16-5-3-15(26)4-6-16/h2-11H,12-13H2,1H3,(H,27,31)(H,28,34)/b18-10-. The molecule has 4 amide bonds. The van der Waals surface area contributed by atoms with Crippen molar-refractivity contribution >= 4 is 52.9 Å². The molecule has 0 atom stereocenters. The molecule has 0 saturated carbocycles. The van der Waals surface area contributed by atoms with Gasteiger partial charge < -0.3 is 24.5 Å². The van der Waals surface area contributed by atoms with Crippen molar-refractivity contribution < 1.29 is 38.0 Å². The Hall–Kier alpha value is -5.17. The molecule has 0 spiro atoms. The fraction of sp³-hybridized carbons (Fsp3) is 0.120. The first-order chi connectivity index (χ1) is 18.6. The molecule has 14 heteroatoms. The summed E-state index contributed by atoms with van der Waals surface area (Å²) in [5, 5.41) is 17.1. The molecule has 4 rings (SSSR count). The molecule has 1 saturated heterocycles. The van der Waals surface area contributed by atoms with Gasteiger partial charge in [0.2, 0.25) is 5.76 Å². The van der Waals surface area contributed by atoms with E-state index in [-0.39, 0.29) is 35.1 Å². The predicted molar refractivity (Wildman–Crippen MR) is 136 cm³/mol. The number of imide groups is 1. The summed E-state index contributed by atoms with van der Waals surface area (Å²) < 4.78 is 15.2. The number of amides is 4. The van der Waals surface area contributed by atoms with Gasteiger partial charge in [0.1, 0.15) is 11.5 Å². The largest absolute Gasteiger partial charge is 0.477 e. The number of halogens is 1. The number of furan rings is 1. The predicted octanol–water partition coefficient (Wildman–Crippen LogP) is 3.74. The van der Waals surface area contributed by atoms with Gasteiger partial charge in [0.15, 0.2) is 12.4 Å². The Morgan fingerprint density at radius 2 is 1.90 bits per heavy atom. The lowest BCUT2D eigenvalue weighted by atomic mass is 10.1. The molecule has 0 unspecified atom stereocenters. The van der Waals surface area contributed by atoms with Crippen LogP contribution in [-0.4, -0.2) is 47.4 Å². The van der Waals surface area contributed by atoms with Gasteiger partial charge in [0, 0.05) is 16.8 Å². The smallest absolute Gasteiger partial charge is 0.373 e. The lowest BCUT2D eigenvalue weighted by Gasteiger charge is -2.09. The Balaban J connectivity index is 1.44. The molecule has 3 aromatic rings. The number of urea groups is 1. The molecule has 2 aromatic carbocycles. The molecule has 0 aliphatic carbocycles. The quantitative estimate of drug-likeness (QED) is 0.131. The van der Waals surface area contributed by atoms with E-state index in [0.29, 0.717) is 10.7 Å². The number of rotatable bonds is 9. The van der Waals surface area contributed by atoms with Crippen LogP contribution in [0.5, 0.6) is 5.75 Å². The number of carbonyl (C=O) groups excluding carboxylic acids is 4. The number of ether oxygens (including phenoxy) is 2. The topological polar surface area (TPSA) is 170 Å². The van der Waals surface area contributed by atoms with E-state index in [9.17, 15) is 29.3 Å². The van der Waals surface area contributed by atoms with Crippen LogP contribution in [0, 0.1) is 10.1 Å². The summed E-state index contributed by atoms with van der Waals surface area (Å²) in [5.74, 6) is -2.07. The van der Waals surface area contributed by atoms with Crippen molar-refractivity contribution in [2.24, 2.45) is 0 Å². The average Bonchev–Trinajstić information content (AvgIpc) is 3.49. The first-order valence-corrected chi connectivity index (χ1v) is 11.5. The number of hydrogen-bond donors (Lipinski definition) is 2. The Labute approximate surface area is 225 Å². The molecule has 39 heavy (non-hydrogen) atoms.